The first-order valence-electron chi connectivity index (χ1n) is 14.9. The molecule has 0 aromatic heterocycles. The molecule has 6 atom stereocenters. The molecule has 2 saturated heterocycles. The predicted molar refractivity (Wildman–Crippen MR) is 165 cm³/mol. The number of hydrogen-bond acceptors (Lipinski definition) is 7. The number of carboxylic acid groups (broad SMARTS) is 1. The molecule has 2 aliphatic heterocycles. The summed E-state index contributed by atoms with van der Waals surface area (Å²) in [4.78, 5) is 11.2. The molecule has 230 valence electrons. The maximum atomic E-state index is 11.2. The quantitative estimate of drug-likeness (QED) is 0.228. The van der Waals surface area contributed by atoms with Crippen molar-refractivity contribution in [1.82, 2.24) is 0 Å². The third kappa shape index (κ3) is 8.04. The van der Waals surface area contributed by atoms with Gasteiger partial charge < -0.3 is 33.5 Å². The van der Waals surface area contributed by atoms with Crippen molar-refractivity contribution in [2.75, 3.05) is 13.2 Å². The molecule has 8 heteroatoms. The maximum Gasteiger partial charge on any atom is 0.335 e. The highest BCUT2D eigenvalue weighted by Crippen LogP contribution is 2.37. The van der Waals surface area contributed by atoms with Crippen molar-refractivity contribution in [3.63, 3.8) is 0 Å². The van der Waals surface area contributed by atoms with Crippen LogP contribution in [-0.2, 0) is 41.6 Å². The van der Waals surface area contributed by atoms with Crippen molar-refractivity contribution in [3.8, 4) is 11.8 Å². The van der Waals surface area contributed by atoms with Crippen LogP contribution in [0.1, 0.15) is 38.9 Å². The van der Waals surface area contributed by atoms with Crippen molar-refractivity contribution in [3.05, 3.63) is 143 Å². The number of carbonyl (C=O) groups is 1. The van der Waals surface area contributed by atoms with E-state index < -0.39 is 43.0 Å². The summed E-state index contributed by atoms with van der Waals surface area (Å²) in [7, 11) is 0. The van der Waals surface area contributed by atoms with Crippen LogP contribution in [0.3, 0.4) is 0 Å². The second kappa shape index (κ2) is 15.1. The Labute approximate surface area is 262 Å². The third-order valence-corrected chi connectivity index (χ3v) is 7.61. The first-order chi connectivity index (χ1) is 22.1. The van der Waals surface area contributed by atoms with Crippen molar-refractivity contribution in [2.24, 2.45) is 0 Å². The van der Waals surface area contributed by atoms with Gasteiger partial charge in [-0.15, -0.1) is 0 Å². The minimum atomic E-state index is -0.984. The molecule has 2 fully saturated rings. The number of benzene rings is 4. The van der Waals surface area contributed by atoms with Crippen LogP contribution < -0.4 is 0 Å². The Balaban J connectivity index is 1.24. The molecule has 8 nitrogen and oxygen atoms in total. The summed E-state index contributed by atoms with van der Waals surface area (Å²) in [5, 5.41) is 9.14. The van der Waals surface area contributed by atoms with E-state index in [4.69, 9.17) is 33.5 Å². The Morgan fingerprint density at radius 3 is 1.96 bits per heavy atom. The molecule has 0 unspecified atom stereocenters. The summed E-state index contributed by atoms with van der Waals surface area (Å²) in [6, 6.07) is 36.0. The number of carboxylic acids is 1. The largest absolute Gasteiger partial charge is 0.478 e. The fourth-order valence-corrected chi connectivity index (χ4v) is 5.32. The molecular weight excluding hydrogens is 572 g/mol. The molecule has 4 aromatic rings. The molecule has 1 N–H and O–H groups in total. The van der Waals surface area contributed by atoms with Gasteiger partial charge in [0.25, 0.3) is 0 Å². The minimum absolute atomic E-state index is 0.0493. The van der Waals surface area contributed by atoms with E-state index in [-0.39, 0.29) is 18.8 Å². The molecule has 0 radical (unpaired) electrons. The van der Waals surface area contributed by atoms with Crippen molar-refractivity contribution >= 4 is 5.97 Å². The lowest BCUT2D eigenvalue weighted by Gasteiger charge is -2.48. The summed E-state index contributed by atoms with van der Waals surface area (Å²) in [6.45, 7) is 0.993. The van der Waals surface area contributed by atoms with Gasteiger partial charge in [0.1, 0.15) is 31.0 Å². The molecule has 6 rings (SSSR count). The highest BCUT2D eigenvalue weighted by molar-refractivity contribution is 5.87. The van der Waals surface area contributed by atoms with Gasteiger partial charge >= 0.3 is 5.97 Å². The van der Waals surface area contributed by atoms with E-state index in [1.807, 2.05) is 91.0 Å². The molecule has 2 aliphatic rings. The van der Waals surface area contributed by atoms with Crippen LogP contribution in [0, 0.1) is 11.8 Å². The van der Waals surface area contributed by atoms with Crippen LogP contribution in [0.4, 0.5) is 0 Å². The molecular formula is C37H34O8. The van der Waals surface area contributed by atoms with Gasteiger partial charge in [0.2, 0.25) is 0 Å². The van der Waals surface area contributed by atoms with Crippen LogP contribution in [0.15, 0.2) is 115 Å². The maximum absolute atomic E-state index is 11.2. The minimum Gasteiger partial charge on any atom is -0.478 e. The van der Waals surface area contributed by atoms with Crippen LogP contribution in [0.2, 0.25) is 0 Å². The first-order valence-corrected chi connectivity index (χ1v) is 14.9. The summed E-state index contributed by atoms with van der Waals surface area (Å²) in [6.07, 6.45) is -3.56. The van der Waals surface area contributed by atoms with Crippen molar-refractivity contribution in [1.29, 1.82) is 0 Å². The van der Waals surface area contributed by atoms with E-state index in [0.29, 0.717) is 18.8 Å². The van der Waals surface area contributed by atoms with E-state index in [1.54, 1.807) is 12.1 Å². The van der Waals surface area contributed by atoms with Gasteiger partial charge in [0.05, 0.1) is 25.4 Å². The van der Waals surface area contributed by atoms with Gasteiger partial charge in [-0.1, -0.05) is 103 Å². The lowest BCUT2D eigenvalue weighted by molar-refractivity contribution is -0.371. The second-order valence-corrected chi connectivity index (χ2v) is 10.7. The van der Waals surface area contributed by atoms with Gasteiger partial charge in [0.15, 0.2) is 12.6 Å². The third-order valence-electron chi connectivity index (χ3n) is 7.61. The van der Waals surface area contributed by atoms with Crippen LogP contribution in [-0.4, -0.2) is 55.0 Å². The average Bonchev–Trinajstić information content (AvgIpc) is 3.09. The Hall–Kier alpha value is -4.33. The lowest BCUT2D eigenvalue weighted by atomic mass is 9.97. The monoisotopic (exact) mass is 606 g/mol. The van der Waals surface area contributed by atoms with Gasteiger partial charge in [-0.05, 0) is 35.4 Å². The summed E-state index contributed by atoms with van der Waals surface area (Å²) in [5.41, 5.74) is 3.80. The molecule has 0 saturated carbocycles. The zero-order valence-corrected chi connectivity index (χ0v) is 24.6. The van der Waals surface area contributed by atoms with Gasteiger partial charge in [-0.2, -0.15) is 0 Å². The first kappa shape index (κ1) is 30.7. The van der Waals surface area contributed by atoms with E-state index in [0.717, 1.165) is 16.7 Å². The van der Waals surface area contributed by atoms with Gasteiger partial charge in [0, 0.05) is 11.1 Å². The predicted octanol–water partition coefficient (Wildman–Crippen LogP) is 5.76. The Morgan fingerprint density at radius 2 is 1.33 bits per heavy atom. The highest BCUT2D eigenvalue weighted by Gasteiger charge is 2.51. The summed E-state index contributed by atoms with van der Waals surface area (Å²) in [5.74, 6) is 5.04. The van der Waals surface area contributed by atoms with E-state index >= 15 is 0 Å². The number of hydrogen-bond donors (Lipinski definition) is 1. The standard InChI is InChI=1S/C37H34O8/c38-35(39)29-20-18-26(19-21-29)15-10-22-40-37-34(42-24-28-13-6-2-7-14-28)33(41-23-27-11-4-1-5-12-27)32-31(44-37)25-43-36(45-32)30-16-8-3-9-17-30/h1-9,11-14,16-21,31-34,36-37H,22-25H2,(H,38,39)/t31-,32-,33+,34-,36-,37+/m1/s1. The Kier molecular flexibility index (Phi) is 10.3. The number of fused-ring (bicyclic) bond motifs is 1. The molecule has 2 heterocycles. The van der Waals surface area contributed by atoms with Gasteiger partial charge in [-0.25, -0.2) is 4.79 Å². The smallest absolute Gasteiger partial charge is 0.335 e. The molecule has 45 heavy (non-hydrogen) atoms. The summed E-state index contributed by atoms with van der Waals surface area (Å²) >= 11 is 0. The van der Waals surface area contributed by atoms with Gasteiger partial charge in [-0.3, -0.25) is 0 Å². The van der Waals surface area contributed by atoms with E-state index in [1.165, 1.54) is 12.1 Å². The fourth-order valence-electron chi connectivity index (χ4n) is 5.32. The Morgan fingerprint density at radius 1 is 0.733 bits per heavy atom. The SMILES string of the molecule is O=C(O)c1ccc(C#CCO[C@H]2O[C@@H]3CO[C@@H](c4ccccc4)O[C@H]3[C@H](OCc3ccccc3)[C@H]2OCc2ccccc2)cc1. The van der Waals surface area contributed by atoms with Crippen LogP contribution >= 0.6 is 0 Å². The zero-order valence-electron chi connectivity index (χ0n) is 24.6. The molecule has 0 bridgehead atoms. The number of ether oxygens (including phenoxy) is 6. The van der Waals surface area contributed by atoms with E-state index in [9.17, 15) is 4.79 Å². The van der Waals surface area contributed by atoms with E-state index in [2.05, 4.69) is 11.8 Å². The summed E-state index contributed by atoms with van der Waals surface area (Å²) < 4.78 is 38.4. The second-order valence-electron chi connectivity index (χ2n) is 10.7. The van der Waals surface area contributed by atoms with Crippen molar-refractivity contribution in [2.45, 2.75) is 50.2 Å². The number of aromatic carboxylic acids is 1. The average molecular weight is 607 g/mol. The number of rotatable bonds is 10. The highest BCUT2D eigenvalue weighted by atomic mass is 16.8. The Bertz CT molecular complexity index is 1570. The van der Waals surface area contributed by atoms with Crippen LogP contribution in [0.25, 0.3) is 0 Å². The fraction of sp³-hybridized carbons (Fsp3) is 0.270. The van der Waals surface area contributed by atoms with Crippen LogP contribution in [0.5, 0.6) is 0 Å². The topological polar surface area (TPSA) is 92.7 Å². The molecule has 0 spiro atoms. The molecule has 0 aliphatic carbocycles. The normalized spacial score (nSPS) is 24.2. The molecule has 4 aromatic carbocycles. The molecule has 0 amide bonds. The zero-order chi connectivity index (χ0) is 30.8. The van der Waals surface area contributed by atoms with Crippen molar-refractivity contribution < 1.29 is 38.3 Å². The lowest BCUT2D eigenvalue weighted by Crippen LogP contribution is -2.63.